The minimum atomic E-state index is -0.702. The van der Waals surface area contributed by atoms with Crippen LogP contribution in [0.5, 0.6) is 0 Å². The molecule has 1 aliphatic carbocycles. The molecule has 0 unspecified atom stereocenters. The minimum absolute atomic E-state index is 0.00384. The monoisotopic (exact) mass is 384 g/mol. The van der Waals surface area contributed by atoms with Crippen molar-refractivity contribution < 1.29 is 9.59 Å². The smallest absolute Gasteiger partial charge is 0.248 e. The highest BCUT2D eigenvalue weighted by Gasteiger charge is 2.44. The SMILES string of the molecule is O=C(/C=C/c1cccs1)N1CCC(C(=O)NCC2CC2)(n2cccn2)CC1. The van der Waals surface area contributed by atoms with Gasteiger partial charge in [-0.3, -0.25) is 14.3 Å². The summed E-state index contributed by atoms with van der Waals surface area (Å²) in [5.74, 6) is 0.655. The zero-order chi connectivity index (χ0) is 18.7. The third-order valence-corrected chi connectivity index (χ3v) is 6.29. The highest BCUT2D eigenvalue weighted by atomic mass is 32.1. The van der Waals surface area contributed by atoms with Crippen LogP contribution in [0.25, 0.3) is 6.08 Å². The number of amides is 2. The van der Waals surface area contributed by atoms with E-state index in [-0.39, 0.29) is 11.8 Å². The predicted molar refractivity (Wildman–Crippen MR) is 105 cm³/mol. The van der Waals surface area contributed by atoms with E-state index in [0.717, 1.165) is 11.4 Å². The van der Waals surface area contributed by atoms with Crippen LogP contribution < -0.4 is 5.32 Å². The third kappa shape index (κ3) is 3.98. The van der Waals surface area contributed by atoms with Crippen molar-refractivity contribution in [1.29, 1.82) is 0 Å². The van der Waals surface area contributed by atoms with Crippen molar-refractivity contribution >= 4 is 29.2 Å². The zero-order valence-corrected chi connectivity index (χ0v) is 16.0. The molecular weight excluding hydrogens is 360 g/mol. The number of rotatable bonds is 6. The summed E-state index contributed by atoms with van der Waals surface area (Å²) in [7, 11) is 0. The van der Waals surface area contributed by atoms with Crippen LogP contribution in [0.15, 0.2) is 42.0 Å². The first-order valence-electron chi connectivity index (χ1n) is 9.46. The summed E-state index contributed by atoms with van der Waals surface area (Å²) in [6, 6.07) is 5.79. The fourth-order valence-corrected chi connectivity index (χ4v) is 4.17. The number of nitrogens with zero attached hydrogens (tertiary/aromatic N) is 3. The van der Waals surface area contributed by atoms with Crippen LogP contribution in [0, 0.1) is 5.92 Å². The highest BCUT2D eigenvalue weighted by Crippen LogP contribution is 2.32. The van der Waals surface area contributed by atoms with Crippen molar-refractivity contribution in [3.05, 3.63) is 46.9 Å². The second-order valence-electron chi connectivity index (χ2n) is 7.31. The van der Waals surface area contributed by atoms with Crippen molar-refractivity contribution in [3.63, 3.8) is 0 Å². The van der Waals surface area contributed by atoms with Gasteiger partial charge < -0.3 is 10.2 Å². The Balaban J connectivity index is 1.42. The van der Waals surface area contributed by atoms with E-state index in [9.17, 15) is 9.59 Å². The van der Waals surface area contributed by atoms with Gasteiger partial charge in [-0.05, 0) is 55.2 Å². The number of thiophene rings is 1. The van der Waals surface area contributed by atoms with Gasteiger partial charge in [0.25, 0.3) is 0 Å². The number of carbonyl (C=O) groups excluding carboxylic acids is 2. The molecule has 2 aromatic rings. The molecule has 0 radical (unpaired) electrons. The number of piperidine rings is 1. The molecule has 2 aromatic heterocycles. The van der Waals surface area contributed by atoms with E-state index >= 15 is 0 Å². The summed E-state index contributed by atoms with van der Waals surface area (Å²) < 4.78 is 1.78. The molecule has 0 spiro atoms. The van der Waals surface area contributed by atoms with Crippen molar-refractivity contribution in [2.45, 2.75) is 31.2 Å². The number of likely N-dealkylation sites (tertiary alicyclic amines) is 1. The van der Waals surface area contributed by atoms with Crippen LogP contribution in [-0.4, -0.2) is 46.1 Å². The first-order chi connectivity index (χ1) is 13.2. The molecule has 1 N–H and O–H groups in total. The Morgan fingerprint density at radius 3 is 2.74 bits per heavy atom. The maximum Gasteiger partial charge on any atom is 0.248 e. The standard InChI is InChI=1S/C20H24N4O2S/c25-18(7-6-17-3-1-14-27-17)23-12-8-20(9-13-23,24-11-2-10-22-24)19(26)21-15-16-4-5-16/h1-3,6-7,10-11,14,16H,4-5,8-9,12-13,15H2,(H,21,26)/b7-6+. The third-order valence-electron chi connectivity index (χ3n) is 5.45. The van der Waals surface area contributed by atoms with Crippen LogP contribution in [0.3, 0.4) is 0 Å². The van der Waals surface area contributed by atoms with Crippen molar-refractivity contribution in [1.82, 2.24) is 20.0 Å². The van der Waals surface area contributed by atoms with Crippen LogP contribution in [0.2, 0.25) is 0 Å². The molecule has 6 nitrogen and oxygen atoms in total. The minimum Gasteiger partial charge on any atom is -0.354 e. The Morgan fingerprint density at radius 1 is 1.30 bits per heavy atom. The summed E-state index contributed by atoms with van der Waals surface area (Å²) >= 11 is 1.60. The molecule has 0 aromatic carbocycles. The van der Waals surface area contributed by atoms with Gasteiger partial charge >= 0.3 is 0 Å². The molecule has 2 amide bonds. The Kier molecular flexibility index (Phi) is 5.11. The molecule has 27 heavy (non-hydrogen) atoms. The number of nitrogens with one attached hydrogen (secondary N) is 1. The van der Waals surface area contributed by atoms with Crippen molar-refractivity contribution in [2.75, 3.05) is 19.6 Å². The second-order valence-corrected chi connectivity index (χ2v) is 8.29. The lowest BCUT2D eigenvalue weighted by molar-refractivity contribution is -0.137. The maximum absolute atomic E-state index is 13.0. The maximum atomic E-state index is 13.0. The van der Waals surface area contributed by atoms with Crippen molar-refractivity contribution in [3.8, 4) is 0 Å². The number of aromatic nitrogens is 2. The van der Waals surface area contributed by atoms with E-state index in [0.29, 0.717) is 31.8 Å². The Hall–Kier alpha value is -2.41. The molecule has 0 bridgehead atoms. The average Bonchev–Trinajstić information content (AvgIpc) is 3.14. The van der Waals surface area contributed by atoms with Crippen molar-refractivity contribution in [2.24, 2.45) is 5.92 Å². The highest BCUT2D eigenvalue weighted by molar-refractivity contribution is 7.10. The molecule has 1 aliphatic heterocycles. The van der Waals surface area contributed by atoms with Gasteiger partial charge in [0.1, 0.15) is 5.54 Å². The summed E-state index contributed by atoms with van der Waals surface area (Å²) in [6.45, 7) is 1.84. The van der Waals surface area contributed by atoms with Gasteiger partial charge in [0, 0.05) is 43.0 Å². The van der Waals surface area contributed by atoms with Crippen LogP contribution in [-0.2, 0) is 15.1 Å². The molecule has 7 heteroatoms. The Morgan fingerprint density at radius 2 is 2.11 bits per heavy atom. The summed E-state index contributed by atoms with van der Waals surface area (Å²) in [5.41, 5.74) is -0.702. The second kappa shape index (κ2) is 7.68. The number of hydrogen-bond acceptors (Lipinski definition) is 4. The Bertz CT molecular complexity index is 801. The normalized spacial score (nSPS) is 19.3. The van der Waals surface area contributed by atoms with E-state index in [2.05, 4.69) is 10.4 Å². The van der Waals surface area contributed by atoms with E-state index in [1.807, 2.05) is 40.8 Å². The molecule has 1 saturated carbocycles. The molecule has 142 valence electrons. The lowest BCUT2D eigenvalue weighted by Crippen LogP contribution is -2.56. The summed E-state index contributed by atoms with van der Waals surface area (Å²) in [6.07, 6.45) is 10.6. The van der Waals surface area contributed by atoms with Crippen LogP contribution in [0.1, 0.15) is 30.6 Å². The molecule has 4 rings (SSSR count). The lowest BCUT2D eigenvalue weighted by atomic mass is 9.86. The first kappa shape index (κ1) is 18.0. The van der Waals surface area contributed by atoms with Crippen LogP contribution >= 0.6 is 11.3 Å². The largest absolute Gasteiger partial charge is 0.354 e. The van der Waals surface area contributed by atoms with Gasteiger partial charge in [0.2, 0.25) is 11.8 Å². The number of hydrogen-bond donors (Lipinski definition) is 1. The van der Waals surface area contributed by atoms with Gasteiger partial charge in [0.15, 0.2) is 0 Å². The summed E-state index contributed by atoms with van der Waals surface area (Å²) in [4.78, 5) is 28.4. The first-order valence-corrected chi connectivity index (χ1v) is 10.3. The van der Waals surface area contributed by atoms with Gasteiger partial charge in [-0.1, -0.05) is 6.07 Å². The number of carbonyl (C=O) groups is 2. The molecule has 0 atom stereocenters. The fourth-order valence-electron chi connectivity index (χ4n) is 3.55. The molecule has 3 heterocycles. The van der Waals surface area contributed by atoms with E-state index in [1.165, 1.54) is 12.8 Å². The van der Waals surface area contributed by atoms with E-state index in [4.69, 9.17) is 0 Å². The van der Waals surface area contributed by atoms with Gasteiger partial charge in [-0.2, -0.15) is 5.10 Å². The van der Waals surface area contributed by atoms with Gasteiger partial charge in [-0.25, -0.2) is 0 Å². The Labute approximate surface area is 162 Å². The fraction of sp³-hybridized carbons (Fsp3) is 0.450. The molecule has 2 aliphatic rings. The van der Waals surface area contributed by atoms with E-state index in [1.54, 1.807) is 28.3 Å². The van der Waals surface area contributed by atoms with Gasteiger partial charge in [0.05, 0.1) is 0 Å². The quantitative estimate of drug-likeness (QED) is 0.778. The van der Waals surface area contributed by atoms with Crippen LogP contribution in [0.4, 0.5) is 0 Å². The molecule has 2 fully saturated rings. The summed E-state index contributed by atoms with van der Waals surface area (Å²) in [5, 5.41) is 9.46. The van der Waals surface area contributed by atoms with Gasteiger partial charge in [-0.15, -0.1) is 11.3 Å². The lowest BCUT2D eigenvalue weighted by Gasteiger charge is -2.40. The zero-order valence-electron chi connectivity index (χ0n) is 15.2. The van der Waals surface area contributed by atoms with E-state index < -0.39 is 5.54 Å². The molecule has 1 saturated heterocycles. The topological polar surface area (TPSA) is 67.2 Å². The predicted octanol–water partition coefficient (Wildman–Crippen LogP) is 2.50. The average molecular weight is 385 g/mol. The molecular formula is C20H24N4O2S.